The maximum atomic E-state index is 12.8. The van der Waals surface area contributed by atoms with Crippen molar-refractivity contribution in [3.05, 3.63) is 29.3 Å². The SMILES string of the molecule is C=NCCOCCOCC(=O)Nc1cccc2c1CN(C1CCC(=O)NC1=O)C2=O. The van der Waals surface area contributed by atoms with Crippen LogP contribution in [0.25, 0.3) is 0 Å². The predicted octanol–water partition coefficient (Wildman–Crippen LogP) is 0.120. The molecule has 4 amide bonds. The molecule has 160 valence electrons. The van der Waals surface area contributed by atoms with Crippen LogP contribution in [0.15, 0.2) is 23.2 Å². The number of aliphatic imine (C=N–C) groups is 1. The quantitative estimate of drug-likeness (QED) is 0.317. The Hall–Kier alpha value is -3.11. The van der Waals surface area contributed by atoms with E-state index in [0.29, 0.717) is 36.6 Å². The number of hydrogen-bond donors (Lipinski definition) is 2. The Labute approximate surface area is 173 Å². The highest BCUT2D eigenvalue weighted by Gasteiger charge is 2.39. The molecule has 10 nitrogen and oxygen atoms in total. The van der Waals surface area contributed by atoms with E-state index < -0.39 is 11.9 Å². The molecule has 1 saturated heterocycles. The van der Waals surface area contributed by atoms with E-state index in [1.165, 1.54) is 4.90 Å². The lowest BCUT2D eigenvalue weighted by atomic mass is 10.0. The highest BCUT2D eigenvalue weighted by molar-refractivity contribution is 6.06. The summed E-state index contributed by atoms with van der Waals surface area (Å²) in [5, 5.41) is 5.02. The van der Waals surface area contributed by atoms with Crippen LogP contribution in [0.1, 0.15) is 28.8 Å². The number of nitrogens with zero attached hydrogens (tertiary/aromatic N) is 2. The number of amides is 4. The van der Waals surface area contributed by atoms with Gasteiger partial charge in [0, 0.05) is 29.8 Å². The first kappa shape index (κ1) is 21.6. The third kappa shape index (κ3) is 5.08. The average Bonchev–Trinajstić information content (AvgIpc) is 3.05. The van der Waals surface area contributed by atoms with Crippen molar-refractivity contribution >= 4 is 36.0 Å². The van der Waals surface area contributed by atoms with Crippen molar-refractivity contribution in [1.29, 1.82) is 0 Å². The van der Waals surface area contributed by atoms with Crippen LogP contribution in [0.3, 0.4) is 0 Å². The monoisotopic (exact) mass is 416 g/mol. The number of imide groups is 1. The molecule has 0 aromatic heterocycles. The summed E-state index contributed by atoms with van der Waals surface area (Å²) in [5.41, 5.74) is 1.57. The second-order valence-electron chi connectivity index (χ2n) is 6.89. The van der Waals surface area contributed by atoms with Crippen molar-refractivity contribution in [2.24, 2.45) is 4.99 Å². The van der Waals surface area contributed by atoms with E-state index in [9.17, 15) is 19.2 Å². The summed E-state index contributed by atoms with van der Waals surface area (Å²) in [6.45, 7) is 4.95. The summed E-state index contributed by atoms with van der Waals surface area (Å²) in [6, 6.07) is 4.32. The molecular formula is C20H24N4O6. The van der Waals surface area contributed by atoms with Crippen LogP contribution < -0.4 is 10.6 Å². The first-order valence-electron chi connectivity index (χ1n) is 9.65. The third-order valence-electron chi connectivity index (χ3n) is 4.86. The van der Waals surface area contributed by atoms with Crippen molar-refractivity contribution in [2.75, 3.05) is 38.3 Å². The van der Waals surface area contributed by atoms with E-state index in [-0.39, 0.29) is 50.3 Å². The molecule has 0 spiro atoms. The van der Waals surface area contributed by atoms with Gasteiger partial charge in [-0.25, -0.2) is 0 Å². The summed E-state index contributed by atoms with van der Waals surface area (Å²) < 4.78 is 10.5. The topological polar surface area (TPSA) is 126 Å². The minimum atomic E-state index is -0.703. The molecular weight excluding hydrogens is 392 g/mol. The Bertz CT molecular complexity index is 856. The van der Waals surface area contributed by atoms with Gasteiger partial charge in [0.15, 0.2) is 0 Å². The normalized spacial score (nSPS) is 18.2. The average molecular weight is 416 g/mol. The Morgan fingerprint density at radius 3 is 2.80 bits per heavy atom. The maximum Gasteiger partial charge on any atom is 0.255 e. The van der Waals surface area contributed by atoms with Crippen molar-refractivity contribution < 1.29 is 28.7 Å². The van der Waals surface area contributed by atoms with Crippen LogP contribution in [0.5, 0.6) is 0 Å². The van der Waals surface area contributed by atoms with Crippen LogP contribution >= 0.6 is 0 Å². The van der Waals surface area contributed by atoms with E-state index in [0.717, 1.165) is 0 Å². The lowest BCUT2D eigenvalue weighted by Crippen LogP contribution is -2.52. The molecule has 1 aromatic rings. The van der Waals surface area contributed by atoms with Crippen LogP contribution in [-0.4, -0.2) is 74.3 Å². The molecule has 3 rings (SSSR count). The van der Waals surface area contributed by atoms with Crippen molar-refractivity contribution in [1.82, 2.24) is 10.2 Å². The van der Waals surface area contributed by atoms with Gasteiger partial charge in [-0.15, -0.1) is 0 Å². The van der Waals surface area contributed by atoms with Gasteiger partial charge in [0.1, 0.15) is 12.6 Å². The standard InChI is InChI=1S/C20H24N4O6/c1-21-7-8-29-9-10-30-12-18(26)22-15-4-2-3-13-14(15)11-24(20(13)28)16-5-6-17(25)23-19(16)27/h2-4,16H,1,5-12H2,(H,22,26)(H,23,25,27). The minimum absolute atomic E-state index is 0.155. The molecule has 0 bridgehead atoms. The number of carbonyl (C=O) groups excluding carboxylic acids is 4. The summed E-state index contributed by atoms with van der Waals surface area (Å²) in [6.07, 6.45) is 0.468. The summed E-state index contributed by atoms with van der Waals surface area (Å²) in [5.74, 6) is -1.46. The summed E-state index contributed by atoms with van der Waals surface area (Å²) >= 11 is 0. The van der Waals surface area contributed by atoms with Gasteiger partial charge in [0.05, 0.1) is 26.4 Å². The van der Waals surface area contributed by atoms with Crippen molar-refractivity contribution in [2.45, 2.75) is 25.4 Å². The van der Waals surface area contributed by atoms with Crippen LogP contribution in [0.4, 0.5) is 5.69 Å². The number of nitrogens with one attached hydrogen (secondary N) is 2. The molecule has 0 radical (unpaired) electrons. The lowest BCUT2D eigenvalue weighted by molar-refractivity contribution is -0.137. The molecule has 1 fully saturated rings. The molecule has 2 N–H and O–H groups in total. The van der Waals surface area contributed by atoms with Crippen LogP contribution in [0, 0.1) is 0 Å². The number of piperidine rings is 1. The zero-order chi connectivity index (χ0) is 21.5. The number of hydrogen-bond acceptors (Lipinski definition) is 7. The lowest BCUT2D eigenvalue weighted by Gasteiger charge is -2.29. The number of rotatable bonds is 10. The van der Waals surface area contributed by atoms with Gasteiger partial charge in [-0.1, -0.05) is 6.07 Å². The highest BCUT2D eigenvalue weighted by atomic mass is 16.5. The van der Waals surface area contributed by atoms with E-state index in [1.54, 1.807) is 18.2 Å². The van der Waals surface area contributed by atoms with E-state index in [2.05, 4.69) is 22.3 Å². The number of benzene rings is 1. The van der Waals surface area contributed by atoms with Gasteiger partial charge in [-0.2, -0.15) is 0 Å². The van der Waals surface area contributed by atoms with E-state index in [4.69, 9.17) is 9.47 Å². The Morgan fingerprint density at radius 2 is 2.03 bits per heavy atom. The zero-order valence-corrected chi connectivity index (χ0v) is 16.5. The fourth-order valence-corrected chi connectivity index (χ4v) is 3.40. The zero-order valence-electron chi connectivity index (χ0n) is 16.5. The third-order valence-corrected chi connectivity index (χ3v) is 4.86. The first-order chi connectivity index (χ1) is 14.5. The summed E-state index contributed by atoms with van der Waals surface area (Å²) in [7, 11) is 0. The molecule has 2 aliphatic heterocycles. The molecule has 1 atom stereocenters. The molecule has 1 aromatic carbocycles. The predicted molar refractivity (Wildman–Crippen MR) is 107 cm³/mol. The van der Waals surface area contributed by atoms with E-state index in [1.807, 2.05) is 0 Å². The van der Waals surface area contributed by atoms with E-state index >= 15 is 0 Å². The second kappa shape index (κ2) is 10.1. The van der Waals surface area contributed by atoms with Crippen molar-refractivity contribution in [3.8, 4) is 0 Å². The maximum absolute atomic E-state index is 12.8. The minimum Gasteiger partial charge on any atom is -0.377 e. The van der Waals surface area contributed by atoms with Gasteiger partial charge < -0.3 is 19.7 Å². The van der Waals surface area contributed by atoms with Gasteiger partial charge >= 0.3 is 0 Å². The number of fused-ring (bicyclic) bond motifs is 1. The first-order valence-corrected chi connectivity index (χ1v) is 9.65. The number of ether oxygens (including phenoxy) is 2. The molecule has 2 heterocycles. The Balaban J connectivity index is 1.55. The van der Waals surface area contributed by atoms with Gasteiger partial charge in [0.25, 0.3) is 5.91 Å². The van der Waals surface area contributed by atoms with Crippen LogP contribution in [0.2, 0.25) is 0 Å². The molecule has 2 aliphatic rings. The largest absolute Gasteiger partial charge is 0.377 e. The second-order valence-corrected chi connectivity index (χ2v) is 6.89. The Kier molecular flexibility index (Phi) is 7.26. The fraction of sp³-hybridized carbons (Fsp3) is 0.450. The number of carbonyl (C=O) groups is 4. The van der Waals surface area contributed by atoms with Gasteiger partial charge in [-0.05, 0) is 25.3 Å². The van der Waals surface area contributed by atoms with Gasteiger partial charge in [0.2, 0.25) is 17.7 Å². The molecule has 1 unspecified atom stereocenters. The highest BCUT2D eigenvalue weighted by Crippen LogP contribution is 2.32. The molecule has 0 saturated carbocycles. The smallest absolute Gasteiger partial charge is 0.255 e. The number of anilines is 1. The van der Waals surface area contributed by atoms with Crippen molar-refractivity contribution in [3.63, 3.8) is 0 Å². The molecule has 10 heteroatoms. The molecule has 30 heavy (non-hydrogen) atoms. The molecule has 0 aliphatic carbocycles. The summed E-state index contributed by atoms with van der Waals surface area (Å²) in [4.78, 5) is 53.6. The van der Waals surface area contributed by atoms with Gasteiger partial charge in [-0.3, -0.25) is 29.5 Å². The fourth-order valence-electron chi connectivity index (χ4n) is 3.40. The Morgan fingerprint density at radius 1 is 1.23 bits per heavy atom. The van der Waals surface area contributed by atoms with Crippen LogP contribution in [-0.2, 0) is 30.4 Å².